The molecule has 2 amide bonds. The second kappa shape index (κ2) is 8.15. The van der Waals surface area contributed by atoms with Gasteiger partial charge in [0.1, 0.15) is 0 Å². The molecule has 1 aromatic carbocycles. The van der Waals surface area contributed by atoms with Crippen LogP contribution in [0.5, 0.6) is 0 Å². The standard InChI is InChI=1S/C20H23F3N2O2/c21-20(22,23)14-7-6-8-15(13-14)24-18(26)16-9-2-3-10-17(16)19(27)25-11-4-1-5-12-25/h2-3,6-8,13,16-17H,1,4-5,9-12H2,(H,24,26). The molecule has 2 atom stereocenters. The van der Waals surface area contributed by atoms with Gasteiger partial charge in [0.2, 0.25) is 11.8 Å². The molecule has 3 rings (SSSR count). The van der Waals surface area contributed by atoms with Crippen molar-refractivity contribution < 1.29 is 22.8 Å². The molecule has 2 unspecified atom stereocenters. The summed E-state index contributed by atoms with van der Waals surface area (Å²) >= 11 is 0. The highest BCUT2D eigenvalue weighted by Crippen LogP contribution is 2.32. The highest BCUT2D eigenvalue weighted by molar-refractivity contribution is 5.96. The summed E-state index contributed by atoms with van der Waals surface area (Å²) in [6, 6.07) is 4.56. The third kappa shape index (κ3) is 4.70. The van der Waals surface area contributed by atoms with Crippen molar-refractivity contribution in [1.82, 2.24) is 4.90 Å². The van der Waals surface area contributed by atoms with Crippen molar-refractivity contribution in [3.8, 4) is 0 Å². The maximum absolute atomic E-state index is 12.9. The van der Waals surface area contributed by atoms with Gasteiger partial charge in [-0.1, -0.05) is 18.2 Å². The average molecular weight is 380 g/mol. The molecule has 1 aliphatic carbocycles. The lowest BCUT2D eigenvalue weighted by molar-refractivity contribution is -0.141. The number of carbonyl (C=O) groups excluding carboxylic acids is 2. The highest BCUT2D eigenvalue weighted by atomic mass is 19.4. The SMILES string of the molecule is O=C(Nc1cccc(C(F)(F)F)c1)C1CC=CCC1C(=O)N1CCCCC1. The van der Waals surface area contributed by atoms with E-state index in [4.69, 9.17) is 0 Å². The second-order valence-corrected chi connectivity index (χ2v) is 7.11. The van der Waals surface area contributed by atoms with Gasteiger partial charge in [0.15, 0.2) is 0 Å². The number of alkyl halides is 3. The molecular weight excluding hydrogens is 357 g/mol. The number of carbonyl (C=O) groups is 2. The first-order valence-electron chi connectivity index (χ1n) is 9.28. The summed E-state index contributed by atoms with van der Waals surface area (Å²) < 4.78 is 38.6. The summed E-state index contributed by atoms with van der Waals surface area (Å²) in [5.74, 6) is -1.46. The zero-order valence-corrected chi connectivity index (χ0v) is 15.0. The summed E-state index contributed by atoms with van der Waals surface area (Å²) in [5, 5.41) is 2.57. The van der Waals surface area contributed by atoms with Crippen molar-refractivity contribution in [3.05, 3.63) is 42.0 Å². The van der Waals surface area contributed by atoms with Gasteiger partial charge in [0.05, 0.1) is 17.4 Å². The number of hydrogen-bond acceptors (Lipinski definition) is 2. The Morgan fingerprint density at radius 2 is 1.67 bits per heavy atom. The lowest BCUT2D eigenvalue weighted by atomic mass is 9.81. The minimum Gasteiger partial charge on any atom is -0.342 e. The van der Waals surface area contributed by atoms with Crippen LogP contribution in [0.25, 0.3) is 0 Å². The van der Waals surface area contributed by atoms with Crippen molar-refractivity contribution in [1.29, 1.82) is 0 Å². The number of nitrogens with zero attached hydrogens (tertiary/aromatic N) is 1. The van der Waals surface area contributed by atoms with Crippen molar-refractivity contribution >= 4 is 17.5 Å². The van der Waals surface area contributed by atoms with Crippen molar-refractivity contribution in [2.75, 3.05) is 18.4 Å². The topological polar surface area (TPSA) is 49.4 Å². The second-order valence-electron chi connectivity index (χ2n) is 7.11. The Balaban J connectivity index is 1.72. The van der Waals surface area contributed by atoms with E-state index < -0.39 is 29.5 Å². The Morgan fingerprint density at radius 3 is 2.33 bits per heavy atom. The van der Waals surface area contributed by atoms with Gasteiger partial charge in [-0.15, -0.1) is 0 Å². The van der Waals surface area contributed by atoms with E-state index in [1.54, 1.807) is 0 Å². The fourth-order valence-corrected chi connectivity index (χ4v) is 3.73. The van der Waals surface area contributed by atoms with Crippen LogP contribution in [0.1, 0.15) is 37.7 Å². The van der Waals surface area contributed by atoms with Crippen LogP contribution in [0.3, 0.4) is 0 Å². The van der Waals surface area contributed by atoms with Gasteiger partial charge in [-0.3, -0.25) is 9.59 Å². The Bertz CT molecular complexity index is 724. The molecule has 1 saturated heterocycles. The van der Waals surface area contributed by atoms with Crippen LogP contribution in [0.15, 0.2) is 36.4 Å². The van der Waals surface area contributed by atoms with Gasteiger partial charge in [-0.05, 0) is 50.3 Å². The molecule has 1 aromatic rings. The molecule has 146 valence electrons. The molecular formula is C20H23F3N2O2. The van der Waals surface area contributed by atoms with Crippen LogP contribution in [0.2, 0.25) is 0 Å². The molecule has 4 nitrogen and oxygen atoms in total. The molecule has 1 N–H and O–H groups in total. The van der Waals surface area contributed by atoms with Crippen LogP contribution < -0.4 is 5.32 Å². The molecule has 1 aliphatic heterocycles. The monoisotopic (exact) mass is 380 g/mol. The quantitative estimate of drug-likeness (QED) is 0.798. The van der Waals surface area contributed by atoms with E-state index in [2.05, 4.69) is 5.32 Å². The van der Waals surface area contributed by atoms with Crippen LogP contribution in [0.4, 0.5) is 18.9 Å². The summed E-state index contributed by atoms with van der Waals surface area (Å²) in [4.78, 5) is 27.4. The Morgan fingerprint density at radius 1 is 1.00 bits per heavy atom. The Kier molecular flexibility index (Phi) is 5.87. The Labute approximate surface area is 156 Å². The van der Waals surface area contributed by atoms with Gasteiger partial charge in [-0.2, -0.15) is 13.2 Å². The maximum Gasteiger partial charge on any atom is 0.416 e. The van der Waals surface area contributed by atoms with E-state index in [0.717, 1.165) is 31.4 Å². The number of nitrogens with one attached hydrogen (secondary N) is 1. The largest absolute Gasteiger partial charge is 0.416 e. The predicted octanol–water partition coefficient (Wildman–Crippen LogP) is 4.24. The minimum atomic E-state index is -4.47. The van der Waals surface area contributed by atoms with Crippen LogP contribution >= 0.6 is 0 Å². The lowest BCUT2D eigenvalue weighted by Gasteiger charge is -2.34. The van der Waals surface area contributed by atoms with E-state index in [1.165, 1.54) is 12.1 Å². The molecule has 2 aliphatic rings. The first-order chi connectivity index (χ1) is 12.9. The smallest absolute Gasteiger partial charge is 0.342 e. The molecule has 7 heteroatoms. The minimum absolute atomic E-state index is 0.0248. The summed E-state index contributed by atoms with van der Waals surface area (Å²) in [5.41, 5.74) is -0.724. The molecule has 1 heterocycles. The normalized spacial score (nSPS) is 23.1. The first kappa shape index (κ1) is 19.5. The van der Waals surface area contributed by atoms with Crippen molar-refractivity contribution in [2.24, 2.45) is 11.8 Å². The maximum atomic E-state index is 12.9. The van der Waals surface area contributed by atoms with Gasteiger partial charge < -0.3 is 10.2 Å². The first-order valence-corrected chi connectivity index (χ1v) is 9.28. The zero-order chi connectivity index (χ0) is 19.4. The van der Waals surface area contributed by atoms with Gasteiger partial charge in [-0.25, -0.2) is 0 Å². The summed E-state index contributed by atoms with van der Waals surface area (Å²) in [6.45, 7) is 1.42. The van der Waals surface area contributed by atoms with E-state index >= 15 is 0 Å². The van der Waals surface area contributed by atoms with E-state index in [1.807, 2.05) is 17.1 Å². The number of rotatable bonds is 3. The Hall–Kier alpha value is -2.31. The van der Waals surface area contributed by atoms with Crippen molar-refractivity contribution in [2.45, 2.75) is 38.3 Å². The third-order valence-corrected chi connectivity index (χ3v) is 5.21. The highest BCUT2D eigenvalue weighted by Gasteiger charge is 2.37. The van der Waals surface area contributed by atoms with Crippen LogP contribution in [-0.4, -0.2) is 29.8 Å². The summed E-state index contributed by atoms with van der Waals surface area (Å²) in [6.07, 6.45) is 3.22. The number of allylic oxidation sites excluding steroid dienone is 2. The number of hydrogen-bond donors (Lipinski definition) is 1. The number of benzene rings is 1. The fraction of sp³-hybridized carbons (Fsp3) is 0.500. The molecule has 1 fully saturated rings. The van der Waals surface area contributed by atoms with E-state index in [0.29, 0.717) is 25.9 Å². The molecule has 0 aromatic heterocycles. The van der Waals surface area contributed by atoms with Crippen molar-refractivity contribution in [3.63, 3.8) is 0 Å². The number of halogens is 3. The number of piperidine rings is 1. The molecule has 0 radical (unpaired) electrons. The number of anilines is 1. The van der Waals surface area contributed by atoms with E-state index in [-0.39, 0.29) is 11.6 Å². The predicted molar refractivity (Wildman–Crippen MR) is 95.9 cm³/mol. The van der Waals surface area contributed by atoms with Gasteiger partial charge in [0, 0.05) is 18.8 Å². The van der Waals surface area contributed by atoms with Gasteiger partial charge in [0.25, 0.3) is 0 Å². The van der Waals surface area contributed by atoms with Crippen LogP contribution in [-0.2, 0) is 15.8 Å². The average Bonchev–Trinajstić information content (AvgIpc) is 2.67. The van der Waals surface area contributed by atoms with E-state index in [9.17, 15) is 22.8 Å². The molecule has 0 saturated carbocycles. The number of likely N-dealkylation sites (tertiary alicyclic amines) is 1. The molecule has 0 bridgehead atoms. The molecule has 27 heavy (non-hydrogen) atoms. The third-order valence-electron chi connectivity index (χ3n) is 5.21. The number of amides is 2. The van der Waals surface area contributed by atoms with Gasteiger partial charge >= 0.3 is 6.18 Å². The zero-order valence-electron chi connectivity index (χ0n) is 15.0. The summed E-state index contributed by atoms with van der Waals surface area (Å²) in [7, 11) is 0. The molecule has 0 spiro atoms. The lowest BCUT2D eigenvalue weighted by Crippen LogP contribution is -2.45. The fourth-order valence-electron chi connectivity index (χ4n) is 3.73. The van der Waals surface area contributed by atoms with Crippen LogP contribution in [0, 0.1) is 11.8 Å².